The van der Waals surface area contributed by atoms with Gasteiger partial charge in [-0.25, -0.2) is 9.37 Å². The summed E-state index contributed by atoms with van der Waals surface area (Å²) in [5.74, 6) is 1.11. The molecule has 2 amide bonds. The molecule has 0 radical (unpaired) electrons. The summed E-state index contributed by atoms with van der Waals surface area (Å²) >= 11 is 0. The molecule has 34 heavy (non-hydrogen) atoms. The first-order valence-corrected chi connectivity index (χ1v) is 10.0. The highest BCUT2D eigenvalue weighted by atomic mass is 19.1. The molecule has 0 atom stereocenters. The zero-order valence-electron chi connectivity index (χ0n) is 18.8. The summed E-state index contributed by atoms with van der Waals surface area (Å²) < 4.78 is 19.8. The normalized spacial score (nSPS) is 10.4. The van der Waals surface area contributed by atoms with Gasteiger partial charge in [0.2, 0.25) is 0 Å². The monoisotopic (exact) mass is 459 g/mol. The minimum Gasteiger partial charge on any atom is -0.497 e. The molecule has 9 heteroatoms. The third-order valence-corrected chi connectivity index (χ3v) is 4.57. The van der Waals surface area contributed by atoms with Crippen LogP contribution in [-0.2, 0) is 0 Å². The average molecular weight is 459 g/mol. The van der Waals surface area contributed by atoms with Crippen LogP contribution < -0.4 is 15.4 Å². The maximum Gasteiger partial charge on any atom is 0.259 e. The second-order valence-electron chi connectivity index (χ2n) is 7.23. The Balaban J connectivity index is 1.84. The zero-order chi connectivity index (χ0) is 24.7. The number of ether oxygens (including phenoxy) is 1. The number of carbonyl (C=O) groups excluding carboxylic acids is 2. The van der Waals surface area contributed by atoms with Gasteiger partial charge < -0.3 is 20.4 Å². The first-order valence-electron chi connectivity index (χ1n) is 10.0. The van der Waals surface area contributed by atoms with Crippen LogP contribution in [0.4, 0.5) is 15.9 Å². The molecule has 0 spiro atoms. The molecule has 172 valence electrons. The summed E-state index contributed by atoms with van der Waals surface area (Å²) in [6, 6.07) is 11.8. The lowest BCUT2D eigenvalue weighted by molar-refractivity contribution is 0.102. The maximum atomic E-state index is 14.6. The molecule has 0 bridgehead atoms. The van der Waals surface area contributed by atoms with E-state index < -0.39 is 17.6 Å². The van der Waals surface area contributed by atoms with E-state index in [0.29, 0.717) is 16.9 Å². The van der Waals surface area contributed by atoms with Crippen LogP contribution in [0.15, 0.2) is 59.8 Å². The van der Waals surface area contributed by atoms with Crippen molar-refractivity contribution in [2.75, 3.05) is 31.8 Å². The molecule has 0 aliphatic rings. The Bertz CT molecular complexity index is 1280. The van der Waals surface area contributed by atoms with Gasteiger partial charge in [0.05, 0.1) is 30.1 Å². The molecule has 2 aromatic carbocycles. The Morgan fingerprint density at radius 2 is 1.85 bits per heavy atom. The fourth-order valence-corrected chi connectivity index (χ4v) is 2.85. The van der Waals surface area contributed by atoms with Crippen LogP contribution in [0.5, 0.6) is 5.75 Å². The van der Waals surface area contributed by atoms with Crippen molar-refractivity contribution in [2.24, 2.45) is 5.10 Å². The lowest BCUT2D eigenvalue weighted by Crippen LogP contribution is -2.19. The summed E-state index contributed by atoms with van der Waals surface area (Å²) in [5.41, 5.74) is 1.14. The van der Waals surface area contributed by atoms with Gasteiger partial charge in [-0.05, 0) is 48.0 Å². The summed E-state index contributed by atoms with van der Waals surface area (Å²) in [7, 11) is 4.92. The van der Waals surface area contributed by atoms with Crippen molar-refractivity contribution in [1.82, 2.24) is 9.99 Å². The molecule has 3 aromatic rings. The van der Waals surface area contributed by atoms with Crippen LogP contribution in [-0.4, -0.2) is 49.2 Å². The van der Waals surface area contributed by atoms with Crippen molar-refractivity contribution >= 4 is 29.5 Å². The molecule has 0 aliphatic heterocycles. The number of carbonyl (C=O) groups is 2. The molecule has 1 aromatic heterocycles. The van der Waals surface area contributed by atoms with E-state index in [0.717, 1.165) is 0 Å². The lowest BCUT2D eigenvalue weighted by Gasteiger charge is -2.13. The molecule has 0 saturated heterocycles. The summed E-state index contributed by atoms with van der Waals surface area (Å²) in [6.07, 6.45) is 8.23. The summed E-state index contributed by atoms with van der Waals surface area (Å²) in [6.45, 7) is 0. The van der Waals surface area contributed by atoms with E-state index >= 15 is 0 Å². The number of hydrogen-bond donors (Lipinski definition) is 2. The van der Waals surface area contributed by atoms with Gasteiger partial charge in [-0.1, -0.05) is 12.0 Å². The Kier molecular flexibility index (Phi) is 7.56. The second kappa shape index (κ2) is 10.7. The number of pyridine rings is 1. The van der Waals surface area contributed by atoms with Crippen LogP contribution >= 0.6 is 0 Å². The van der Waals surface area contributed by atoms with E-state index in [1.165, 1.54) is 43.8 Å². The number of anilines is 2. The Morgan fingerprint density at radius 3 is 2.47 bits per heavy atom. The van der Waals surface area contributed by atoms with Gasteiger partial charge in [0.25, 0.3) is 11.8 Å². The van der Waals surface area contributed by atoms with Crippen LogP contribution in [0, 0.1) is 18.2 Å². The van der Waals surface area contributed by atoms with E-state index in [4.69, 9.17) is 11.2 Å². The molecule has 8 nitrogen and oxygen atoms in total. The molecule has 0 fully saturated rings. The Labute approximate surface area is 196 Å². The van der Waals surface area contributed by atoms with E-state index in [1.807, 2.05) is 0 Å². The van der Waals surface area contributed by atoms with Crippen molar-refractivity contribution in [1.29, 1.82) is 0 Å². The Morgan fingerprint density at radius 1 is 1.09 bits per heavy atom. The SMILES string of the molecule is C#Cc1ccc(NC(=O)c2cc(OC)ccc2NC(=O)c2ccc(C=NN(C)C)cc2F)nc1. The van der Waals surface area contributed by atoms with Crippen LogP contribution in [0.3, 0.4) is 0 Å². The minimum atomic E-state index is -0.725. The standard InChI is InChI=1S/C25H22FN5O3/c1-5-16-7-11-23(27-14-16)30-25(33)20-13-18(34-4)8-10-22(20)29-24(32)19-9-6-17(12-21(19)26)15-28-31(2)3/h1,6-15H,2-4H3,(H,29,32)(H,27,30,33). The van der Waals surface area contributed by atoms with E-state index in [2.05, 4.69) is 26.6 Å². The second-order valence-corrected chi connectivity index (χ2v) is 7.23. The van der Waals surface area contributed by atoms with Gasteiger partial charge in [-0.15, -0.1) is 6.42 Å². The number of aromatic nitrogens is 1. The minimum absolute atomic E-state index is 0.102. The highest BCUT2D eigenvalue weighted by molar-refractivity contribution is 6.12. The van der Waals surface area contributed by atoms with E-state index in [9.17, 15) is 14.0 Å². The fraction of sp³-hybridized carbons (Fsp3) is 0.120. The number of halogens is 1. The third kappa shape index (κ3) is 5.95. The van der Waals surface area contributed by atoms with Gasteiger partial charge in [-0.2, -0.15) is 5.10 Å². The number of rotatable bonds is 7. The predicted molar refractivity (Wildman–Crippen MR) is 129 cm³/mol. The van der Waals surface area contributed by atoms with Crippen molar-refractivity contribution < 1.29 is 18.7 Å². The first-order chi connectivity index (χ1) is 16.3. The molecule has 0 unspecified atom stereocenters. The predicted octanol–water partition coefficient (Wildman–Crippen LogP) is 3.61. The molecular weight excluding hydrogens is 437 g/mol. The number of methoxy groups -OCH3 is 1. The molecule has 0 saturated carbocycles. The number of hydrogen-bond acceptors (Lipinski definition) is 6. The molecular formula is C25H22FN5O3. The largest absolute Gasteiger partial charge is 0.497 e. The highest BCUT2D eigenvalue weighted by Gasteiger charge is 2.18. The highest BCUT2D eigenvalue weighted by Crippen LogP contribution is 2.24. The molecule has 1 heterocycles. The molecule has 0 aliphatic carbocycles. The molecule has 3 rings (SSSR count). The number of hydrazone groups is 1. The Hall–Kier alpha value is -4.71. The van der Waals surface area contributed by atoms with Gasteiger partial charge in [0.1, 0.15) is 17.4 Å². The van der Waals surface area contributed by atoms with Crippen LogP contribution in [0.25, 0.3) is 0 Å². The smallest absolute Gasteiger partial charge is 0.259 e. The van der Waals surface area contributed by atoms with E-state index in [1.54, 1.807) is 43.4 Å². The number of terminal acetylenes is 1. The fourth-order valence-electron chi connectivity index (χ4n) is 2.85. The van der Waals surface area contributed by atoms with Gasteiger partial charge in [-0.3, -0.25) is 9.59 Å². The van der Waals surface area contributed by atoms with Crippen LogP contribution in [0.2, 0.25) is 0 Å². The number of nitrogens with one attached hydrogen (secondary N) is 2. The van der Waals surface area contributed by atoms with Crippen molar-refractivity contribution in [3.63, 3.8) is 0 Å². The summed E-state index contributed by atoms with van der Waals surface area (Å²) in [4.78, 5) is 29.8. The number of nitrogens with zero attached hydrogens (tertiary/aromatic N) is 3. The van der Waals surface area contributed by atoms with Gasteiger partial charge >= 0.3 is 0 Å². The topological polar surface area (TPSA) is 95.9 Å². The van der Waals surface area contributed by atoms with Gasteiger partial charge in [0.15, 0.2) is 0 Å². The number of amides is 2. The van der Waals surface area contributed by atoms with Gasteiger partial charge in [0, 0.05) is 25.9 Å². The van der Waals surface area contributed by atoms with E-state index in [-0.39, 0.29) is 22.6 Å². The third-order valence-electron chi connectivity index (χ3n) is 4.57. The quantitative estimate of drug-likeness (QED) is 0.320. The van der Waals surface area contributed by atoms with Crippen LogP contribution in [0.1, 0.15) is 31.8 Å². The summed E-state index contributed by atoms with van der Waals surface area (Å²) in [5, 5.41) is 10.8. The number of benzene rings is 2. The van der Waals surface area contributed by atoms with Crippen molar-refractivity contribution in [2.45, 2.75) is 0 Å². The van der Waals surface area contributed by atoms with Crippen molar-refractivity contribution in [3.05, 3.63) is 82.8 Å². The maximum absolute atomic E-state index is 14.6. The lowest BCUT2D eigenvalue weighted by atomic mass is 10.1. The average Bonchev–Trinajstić information content (AvgIpc) is 2.83. The van der Waals surface area contributed by atoms with Crippen molar-refractivity contribution in [3.8, 4) is 18.1 Å². The zero-order valence-corrected chi connectivity index (χ0v) is 18.8. The first kappa shape index (κ1) is 23.9. The molecule has 2 N–H and O–H groups in total.